The number of thiazole rings is 1. The molecule has 0 saturated carbocycles. The van der Waals surface area contributed by atoms with Crippen LogP contribution in [0.4, 0.5) is 5.13 Å². The van der Waals surface area contributed by atoms with Crippen molar-refractivity contribution in [3.63, 3.8) is 0 Å². The second-order valence-electron chi connectivity index (χ2n) is 4.22. The number of amides is 1. The quantitative estimate of drug-likeness (QED) is 0.766. The number of nitrogen functional groups attached to an aromatic ring is 1. The lowest BCUT2D eigenvalue weighted by atomic mass is 10.2. The first-order chi connectivity index (χ1) is 9.56. The molecule has 1 amide bonds. The summed E-state index contributed by atoms with van der Waals surface area (Å²) in [5, 5.41) is 9.09. The van der Waals surface area contributed by atoms with Crippen LogP contribution in [0.2, 0.25) is 0 Å². The minimum Gasteiger partial charge on any atom is -0.375 e. The maximum Gasteiger partial charge on any atom is 0.271 e. The number of nitrogens with two attached hydrogens (primary N) is 1. The Labute approximate surface area is 119 Å². The molecule has 0 aromatic carbocycles. The summed E-state index contributed by atoms with van der Waals surface area (Å²) in [5.41, 5.74) is 6.45. The first-order valence-corrected chi connectivity index (χ1v) is 6.96. The zero-order chi connectivity index (χ0) is 14.5. The smallest absolute Gasteiger partial charge is 0.271 e. The molecular weight excluding hydrogens is 278 g/mol. The largest absolute Gasteiger partial charge is 0.375 e. The van der Waals surface area contributed by atoms with Crippen LogP contribution in [0.5, 0.6) is 0 Å². The molecule has 0 fully saturated rings. The van der Waals surface area contributed by atoms with Gasteiger partial charge >= 0.3 is 0 Å². The lowest BCUT2D eigenvalue weighted by molar-refractivity contribution is 0.0946. The van der Waals surface area contributed by atoms with E-state index in [1.54, 1.807) is 0 Å². The van der Waals surface area contributed by atoms with E-state index < -0.39 is 0 Å². The molecule has 2 heterocycles. The van der Waals surface area contributed by atoms with Crippen LogP contribution in [0.25, 0.3) is 0 Å². The van der Waals surface area contributed by atoms with Gasteiger partial charge in [-0.3, -0.25) is 9.59 Å². The molecule has 0 spiro atoms. The molecule has 0 aliphatic heterocycles. The van der Waals surface area contributed by atoms with E-state index >= 15 is 0 Å². The van der Waals surface area contributed by atoms with Crippen LogP contribution in [0, 0.1) is 0 Å². The Bertz CT molecular complexity index is 664. The van der Waals surface area contributed by atoms with Gasteiger partial charge in [-0.25, -0.2) is 9.67 Å². The van der Waals surface area contributed by atoms with Crippen molar-refractivity contribution in [3.05, 3.63) is 39.3 Å². The lowest BCUT2D eigenvalue weighted by Gasteiger charge is -2.04. The zero-order valence-electron chi connectivity index (χ0n) is 11.0. The summed E-state index contributed by atoms with van der Waals surface area (Å²) in [6, 6.07) is 2.73. The lowest BCUT2D eigenvalue weighted by Crippen LogP contribution is -2.29. The Morgan fingerprint density at radius 1 is 1.50 bits per heavy atom. The number of carbonyl (C=O) groups is 1. The van der Waals surface area contributed by atoms with Crippen molar-refractivity contribution in [2.75, 3.05) is 12.3 Å². The normalized spacial score (nSPS) is 10.4. The highest BCUT2D eigenvalue weighted by atomic mass is 32.1. The highest BCUT2D eigenvalue weighted by molar-refractivity contribution is 7.13. The molecule has 0 unspecified atom stereocenters. The molecule has 20 heavy (non-hydrogen) atoms. The maximum atomic E-state index is 11.8. The number of aromatic nitrogens is 3. The fraction of sp³-hybridized carbons (Fsp3) is 0.333. The number of aryl methyl sites for hydroxylation is 2. The molecule has 0 bridgehead atoms. The number of carbonyl (C=O) groups excluding carboxylic acids is 1. The summed E-state index contributed by atoms with van der Waals surface area (Å²) in [6.07, 6.45) is 1.52. The van der Waals surface area contributed by atoms with E-state index in [2.05, 4.69) is 15.4 Å². The van der Waals surface area contributed by atoms with Crippen molar-refractivity contribution < 1.29 is 4.79 Å². The van der Waals surface area contributed by atoms with Gasteiger partial charge in [-0.1, -0.05) is 0 Å². The van der Waals surface area contributed by atoms with Gasteiger partial charge in [-0.2, -0.15) is 5.10 Å². The second kappa shape index (κ2) is 6.29. The molecule has 8 heteroatoms. The predicted octanol–water partition coefficient (Wildman–Crippen LogP) is 0.182. The third-order valence-corrected chi connectivity index (χ3v) is 3.38. The number of anilines is 1. The van der Waals surface area contributed by atoms with Crippen molar-refractivity contribution >= 4 is 22.4 Å². The van der Waals surface area contributed by atoms with Gasteiger partial charge in [-0.05, 0) is 18.9 Å². The fourth-order valence-corrected chi connectivity index (χ4v) is 2.22. The topological polar surface area (TPSA) is 103 Å². The summed E-state index contributed by atoms with van der Waals surface area (Å²) in [4.78, 5) is 27.1. The van der Waals surface area contributed by atoms with Gasteiger partial charge < -0.3 is 11.1 Å². The molecule has 0 saturated heterocycles. The van der Waals surface area contributed by atoms with Crippen molar-refractivity contribution in [2.24, 2.45) is 7.05 Å². The van der Waals surface area contributed by atoms with Crippen molar-refractivity contribution in [2.45, 2.75) is 12.8 Å². The van der Waals surface area contributed by atoms with E-state index in [4.69, 9.17) is 5.73 Å². The van der Waals surface area contributed by atoms with E-state index in [0.29, 0.717) is 11.7 Å². The number of rotatable bonds is 5. The molecule has 2 rings (SSSR count). The Kier molecular flexibility index (Phi) is 4.46. The van der Waals surface area contributed by atoms with Crippen LogP contribution in [-0.4, -0.2) is 27.2 Å². The molecule has 2 aromatic heterocycles. The van der Waals surface area contributed by atoms with Gasteiger partial charge in [-0.15, -0.1) is 11.3 Å². The van der Waals surface area contributed by atoms with E-state index in [1.807, 2.05) is 5.38 Å². The average Bonchev–Trinajstić information content (AvgIpc) is 2.83. The third kappa shape index (κ3) is 3.64. The van der Waals surface area contributed by atoms with E-state index in [0.717, 1.165) is 23.2 Å². The average molecular weight is 293 g/mol. The Balaban J connectivity index is 1.80. The van der Waals surface area contributed by atoms with Crippen LogP contribution in [0.1, 0.15) is 22.6 Å². The highest BCUT2D eigenvalue weighted by Crippen LogP contribution is 2.12. The minimum atomic E-state index is -0.293. The third-order valence-electron chi connectivity index (χ3n) is 2.66. The zero-order valence-corrected chi connectivity index (χ0v) is 11.8. The summed E-state index contributed by atoms with van der Waals surface area (Å²) in [5.74, 6) is -0.293. The molecule has 0 atom stereocenters. The standard InChI is InChI=1S/C12H15N5O2S/c1-17-10(18)5-4-9(16-17)11(19)14-6-2-3-8-7-20-12(13)15-8/h4-5,7H,2-3,6H2,1H3,(H2,13,15)(H,14,19). The SMILES string of the molecule is Cn1nc(C(=O)NCCCc2csc(N)n2)ccc1=O. The molecular formula is C12H15N5O2S. The number of nitrogens with one attached hydrogen (secondary N) is 1. The molecule has 106 valence electrons. The Hall–Kier alpha value is -2.22. The maximum absolute atomic E-state index is 11.8. The fourth-order valence-electron chi connectivity index (χ4n) is 1.62. The van der Waals surface area contributed by atoms with Gasteiger partial charge in [0.1, 0.15) is 5.69 Å². The molecule has 0 radical (unpaired) electrons. The van der Waals surface area contributed by atoms with Crippen molar-refractivity contribution in [1.29, 1.82) is 0 Å². The van der Waals surface area contributed by atoms with Gasteiger partial charge in [0.05, 0.1) is 5.69 Å². The number of hydrogen-bond donors (Lipinski definition) is 2. The Morgan fingerprint density at radius 3 is 2.95 bits per heavy atom. The summed E-state index contributed by atoms with van der Waals surface area (Å²) >= 11 is 1.41. The molecule has 3 N–H and O–H groups in total. The van der Waals surface area contributed by atoms with Gasteiger partial charge in [0.2, 0.25) is 0 Å². The van der Waals surface area contributed by atoms with Crippen LogP contribution in [0.3, 0.4) is 0 Å². The van der Waals surface area contributed by atoms with Crippen LogP contribution in [-0.2, 0) is 13.5 Å². The first kappa shape index (κ1) is 14.2. The van der Waals surface area contributed by atoms with Crippen molar-refractivity contribution in [1.82, 2.24) is 20.1 Å². The van der Waals surface area contributed by atoms with Crippen LogP contribution < -0.4 is 16.6 Å². The molecule has 2 aromatic rings. The van der Waals surface area contributed by atoms with Gasteiger partial charge in [0.25, 0.3) is 11.5 Å². The number of nitrogens with zero attached hydrogens (tertiary/aromatic N) is 3. The second-order valence-corrected chi connectivity index (χ2v) is 5.11. The summed E-state index contributed by atoms with van der Waals surface area (Å²) in [6.45, 7) is 0.515. The molecule has 0 aliphatic carbocycles. The van der Waals surface area contributed by atoms with E-state index in [1.165, 1.54) is 30.5 Å². The van der Waals surface area contributed by atoms with E-state index in [-0.39, 0.29) is 17.2 Å². The number of hydrogen-bond acceptors (Lipinski definition) is 6. The Morgan fingerprint density at radius 2 is 2.30 bits per heavy atom. The molecule has 7 nitrogen and oxygen atoms in total. The van der Waals surface area contributed by atoms with Gasteiger partial charge in [0.15, 0.2) is 5.13 Å². The van der Waals surface area contributed by atoms with Gasteiger partial charge in [0, 0.05) is 25.0 Å². The molecule has 0 aliphatic rings. The summed E-state index contributed by atoms with van der Waals surface area (Å²) in [7, 11) is 1.51. The van der Waals surface area contributed by atoms with Crippen LogP contribution in [0.15, 0.2) is 22.3 Å². The minimum absolute atomic E-state index is 0.227. The highest BCUT2D eigenvalue weighted by Gasteiger charge is 2.07. The first-order valence-electron chi connectivity index (χ1n) is 6.08. The van der Waals surface area contributed by atoms with Crippen molar-refractivity contribution in [3.8, 4) is 0 Å². The summed E-state index contributed by atoms with van der Waals surface area (Å²) < 4.78 is 1.13. The van der Waals surface area contributed by atoms with Crippen LogP contribution >= 0.6 is 11.3 Å². The predicted molar refractivity (Wildman–Crippen MR) is 76.7 cm³/mol. The monoisotopic (exact) mass is 293 g/mol. The van der Waals surface area contributed by atoms with E-state index in [9.17, 15) is 9.59 Å².